The molecule has 0 heterocycles. The summed E-state index contributed by atoms with van der Waals surface area (Å²) in [6, 6.07) is 10.3. The molecule has 0 fully saturated rings. The van der Waals surface area contributed by atoms with Crippen molar-refractivity contribution in [3.8, 4) is 11.5 Å². The number of rotatable bonds is 9. The average molecular weight is 380 g/mol. The molecule has 1 N–H and O–H groups in total. The Labute approximate surface area is 160 Å². The van der Waals surface area contributed by atoms with Crippen molar-refractivity contribution in [2.24, 2.45) is 0 Å². The lowest BCUT2D eigenvalue weighted by Gasteiger charge is -2.25. The molecule has 0 radical (unpaired) electrons. The molecule has 0 amide bonds. The maximum absolute atomic E-state index is 13.8. The van der Waals surface area contributed by atoms with Crippen LogP contribution in [0.3, 0.4) is 0 Å². The van der Waals surface area contributed by atoms with Crippen molar-refractivity contribution in [3.05, 3.63) is 58.4 Å². The van der Waals surface area contributed by atoms with Crippen LogP contribution in [-0.2, 0) is 13.2 Å². The van der Waals surface area contributed by atoms with E-state index in [9.17, 15) is 4.39 Å². The van der Waals surface area contributed by atoms with Crippen molar-refractivity contribution in [3.63, 3.8) is 0 Å². The Morgan fingerprint density at radius 1 is 1.12 bits per heavy atom. The Morgan fingerprint density at radius 3 is 2.50 bits per heavy atom. The van der Waals surface area contributed by atoms with Crippen molar-refractivity contribution < 1.29 is 13.9 Å². The zero-order chi connectivity index (χ0) is 19.2. The van der Waals surface area contributed by atoms with Crippen LogP contribution in [0, 0.1) is 5.82 Å². The van der Waals surface area contributed by atoms with Crippen molar-refractivity contribution in [1.29, 1.82) is 0 Å². The van der Waals surface area contributed by atoms with Crippen molar-refractivity contribution in [2.75, 3.05) is 6.61 Å². The molecule has 0 aromatic heterocycles. The van der Waals surface area contributed by atoms with E-state index in [1.807, 2.05) is 19.1 Å². The zero-order valence-corrected chi connectivity index (χ0v) is 16.6. The molecule has 0 spiro atoms. The van der Waals surface area contributed by atoms with E-state index in [2.05, 4.69) is 26.1 Å². The average Bonchev–Trinajstić information content (AvgIpc) is 2.61. The fraction of sp³-hybridized carbons (Fsp3) is 0.429. The van der Waals surface area contributed by atoms with Gasteiger partial charge >= 0.3 is 0 Å². The van der Waals surface area contributed by atoms with Crippen LogP contribution >= 0.6 is 11.6 Å². The maximum Gasteiger partial charge on any atom is 0.180 e. The third-order valence-corrected chi connectivity index (χ3v) is 4.63. The normalized spacial score (nSPS) is 11.5. The van der Waals surface area contributed by atoms with Crippen LogP contribution in [0.4, 0.5) is 4.39 Å². The van der Waals surface area contributed by atoms with Gasteiger partial charge in [-0.3, -0.25) is 0 Å². The summed E-state index contributed by atoms with van der Waals surface area (Å²) in [6.45, 7) is 9.61. The van der Waals surface area contributed by atoms with E-state index in [1.54, 1.807) is 18.2 Å². The van der Waals surface area contributed by atoms with Gasteiger partial charge in [-0.05, 0) is 51.0 Å². The molecule has 3 nitrogen and oxygen atoms in total. The molecule has 5 heteroatoms. The fourth-order valence-corrected chi connectivity index (χ4v) is 2.65. The highest BCUT2D eigenvalue weighted by atomic mass is 35.5. The molecule has 142 valence electrons. The second-order valence-electron chi connectivity index (χ2n) is 6.81. The summed E-state index contributed by atoms with van der Waals surface area (Å²) in [4.78, 5) is 0. The molecular weight excluding hydrogens is 353 g/mol. The molecule has 0 aliphatic rings. The molecule has 2 rings (SSSR count). The molecule has 0 bridgehead atoms. The van der Waals surface area contributed by atoms with Gasteiger partial charge in [0.05, 0.1) is 11.6 Å². The van der Waals surface area contributed by atoms with Gasteiger partial charge in [0.15, 0.2) is 11.5 Å². The Morgan fingerprint density at radius 2 is 1.85 bits per heavy atom. The van der Waals surface area contributed by atoms with Gasteiger partial charge in [-0.1, -0.05) is 36.7 Å². The molecule has 0 aliphatic heterocycles. The summed E-state index contributed by atoms with van der Waals surface area (Å²) in [5, 5.41) is 3.96. The molecule has 2 aromatic rings. The first kappa shape index (κ1) is 20.5. The maximum atomic E-state index is 13.8. The molecule has 2 aromatic carbocycles. The van der Waals surface area contributed by atoms with Gasteiger partial charge in [-0.25, -0.2) is 4.39 Å². The Bertz CT molecular complexity index is 734. The quantitative estimate of drug-likeness (QED) is 0.603. The standard InChI is InChI=1S/C21H27ClFNO2/c1-5-21(3,4)24-13-15-11-17(22)20(19(12-15)25-6-2)26-14-16-9-7-8-10-18(16)23/h7-12,24H,5-6,13-14H2,1-4H3. The lowest BCUT2D eigenvalue weighted by Crippen LogP contribution is -2.37. The first-order valence-corrected chi connectivity index (χ1v) is 9.30. The molecule has 0 aliphatic carbocycles. The summed E-state index contributed by atoms with van der Waals surface area (Å²) in [5.74, 6) is 0.710. The van der Waals surface area contributed by atoms with Gasteiger partial charge in [0.2, 0.25) is 0 Å². The predicted molar refractivity (Wildman–Crippen MR) is 105 cm³/mol. The van der Waals surface area contributed by atoms with Crippen molar-refractivity contribution >= 4 is 11.6 Å². The summed E-state index contributed by atoms with van der Waals surface area (Å²) < 4.78 is 25.3. The summed E-state index contributed by atoms with van der Waals surface area (Å²) in [5.41, 5.74) is 1.53. The van der Waals surface area contributed by atoms with E-state index in [-0.39, 0.29) is 18.0 Å². The van der Waals surface area contributed by atoms with Gasteiger partial charge < -0.3 is 14.8 Å². The number of ether oxygens (including phenoxy) is 2. The second-order valence-corrected chi connectivity index (χ2v) is 7.22. The van der Waals surface area contributed by atoms with Gasteiger partial charge in [-0.15, -0.1) is 0 Å². The number of halogens is 2. The molecule has 26 heavy (non-hydrogen) atoms. The molecule has 0 unspecified atom stereocenters. The summed E-state index contributed by atoms with van der Waals surface area (Å²) >= 11 is 6.43. The van der Waals surface area contributed by atoms with E-state index in [0.29, 0.717) is 35.2 Å². The van der Waals surface area contributed by atoms with Gasteiger partial charge in [0.1, 0.15) is 12.4 Å². The minimum absolute atomic E-state index is 0.0399. The van der Waals surface area contributed by atoms with E-state index in [1.165, 1.54) is 6.07 Å². The van der Waals surface area contributed by atoms with Crippen molar-refractivity contribution in [1.82, 2.24) is 5.32 Å². The second kappa shape index (κ2) is 9.24. The van der Waals surface area contributed by atoms with E-state index < -0.39 is 0 Å². The van der Waals surface area contributed by atoms with Crippen LogP contribution < -0.4 is 14.8 Å². The van der Waals surface area contributed by atoms with Crippen LogP contribution in [0.15, 0.2) is 36.4 Å². The smallest absolute Gasteiger partial charge is 0.180 e. The number of benzene rings is 2. The minimum Gasteiger partial charge on any atom is -0.490 e. The minimum atomic E-state index is -0.302. The van der Waals surface area contributed by atoms with Crippen LogP contribution in [0.1, 0.15) is 45.2 Å². The Balaban J connectivity index is 2.19. The fourth-order valence-electron chi connectivity index (χ4n) is 2.36. The largest absolute Gasteiger partial charge is 0.490 e. The third-order valence-electron chi connectivity index (χ3n) is 4.35. The topological polar surface area (TPSA) is 30.5 Å². The molecule has 0 saturated carbocycles. The van der Waals surface area contributed by atoms with E-state index >= 15 is 0 Å². The van der Waals surface area contributed by atoms with Crippen molar-refractivity contribution in [2.45, 2.75) is 52.8 Å². The lowest BCUT2D eigenvalue weighted by atomic mass is 10.0. The third kappa shape index (κ3) is 5.61. The highest BCUT2D eigenvalue weighted by Crippen LogP contribution is 2.37. The first-order valence-electron chi connectivity index (χ1n) is 8.92. The predicted octanol–water partition coefficient (Wildman–Crippen LogP) is 5.74. The molecule has 0 atom stereocenters. The monoisotopic (exact) mass is 379 g/mol. The van der Waals surface area contributed by atoms with Gasteiger partial charge in [-0.2, -0.15) is 0 Å². The summed E-state index contributed by atoms with van der Waals surface area (Å²) in [6.07, 6.45) is 1.02. The molecule has 0 saturated heterocycles. The summed E-state index contributed by atoms with van der Waals surface area (Å²) in [7, 11) is 0. The highest BCUT2D eigenvalue weighted by molar-refractivity contribution is 6.32. The molecular formula is C21H27ClFNO2. The zero-order valence-electron chi connectivity index (χ0n) is 15.9. The SMILES string of the molecule is CCOc1cc(CNC(C)(C)CC)cc(Cl)c1OCc1ccccc1F. The highest BCUT2D eigenvalue weighted by Gasteiger charge is 2.17. The van der Waals surface area contributed by atoms with Gasteiger partial charge in [0.25, 0.3) is 0 Å². The van der Waals surface area contributed by atoms with Crippen LogP contribution in [0.5, 0.6) is 11.5 Å². The van der Waals surface area contributed by atoms with Crippen LogP contribution in [-0.4, -0.2) is 12.1 Å². The number of hydrogen-bond acceptors (Lipinski definition) is 3. The number of nitrogens with one attached hydrogen (secondary N) is 1. The van der Waals surface area contributed by atoms with Crippen LogP contribution in [0.25, 0.3) is 0 Å². The van der Waals surface area contributed by atoms with E-state index in [0.717, 1.165) is 12.0 Å². The van der Waals surface area contributed by atoms with Gasteiger partial charge in [0, 0.05) is 17.6 Å². The first-order chi connectivity index (χ1) is 12.4. The lowest BCUT2D eigenvalue weighted by molar-refractivity contribution is 0.265. The Kier molecular flexibility index (Phi) is 7.30. The number of hydrogen-bond donors (Lipinski definition) is 1. The Hall–Kier alpha value is -1.78. The van der Waals surface area contributed by atoms with E-state index in [4.69, 9.17) is 21.1 Å². The van der Waals surface area contributed by atoms with Crippen LogP contribution in [0.2, 0.25) is 5.02 Å².